The van der Waals surface area contributed by atoms with Gasteiger partial charge in [0.1, 0.15) is 5.82 Å². The SMILES string of the molecule is Cc1ccc(Nc2ccnc(N3CCCC(C(=O)N4CCN(c5ncccn5)CC4)C3)n2)cc1. The summed E-state index contributed by atoms with van der Waals surface area (Å²) in [6.07, 6.45) is 7.13. The third kappa shape index (κ3) is 5.08. The highest BCUT2D eigenvalue weighted by molar-refractivity contribution is 5.80. The van der Waals surface area contributed by atoms with Crippen LogP contribution in [0.1, 0.15) is 18.4 Å². The van der Waals surface area contributed by atoms with Crippen molar-refractivity contribution in [1.29, 1.82) is 0 Å². The Morgan fingerprint density at radius 1 is 0.882 bits per heavy atom. The molecule has 2 aliphatic rings. The maximum absolute atomic E-state index is 13.3. The van der Waals surface area contributed by atoms with Crippen LogP contribution in [0.5, 0.6) is 0 Å². The number of hydrogen-bond acceptors (Lipinski definition) is 8. The van der Waals surface area contributed by atoms with E-state index in [1.165, 1.54) is 5.56 Å². The Balaban J connectivity index is 1.19. The Bertz CT molecular complexity index is 1100. The summed E-state index contributed by atoms with van der Waals surface area (Å²) in [4.78, 5) is 37.4. The molecule has 1 amide bonds. The average Bonchev–Trinajstić information content (AvgIpc) is 2.90. The third-order valence-corrected chi connectivity index (χ3v) is 6.45. The predicted molar refractivity (Wildman–Crippen MR) is 132 cm³/mol. The van der Waals surface area contributed by atoms with E-state index < -0.39 is 0 Å². The molecule has 3 aromatic rings. The number of nitrogens with one attached hydrogen (secondary N) is 1. The number of piperazine rings is 1. The summed E-state index contributed by atoms with van der Waals surface area (Å²) >= 11 is 0. The number of piperidine rings is 1. The van der Waals surface area contributed by atoms with E-state index in [0.29, 0.717) is 25.6 Å². The van der Waals surface area contributed by atoms with Crippen molar-refractivity contribution in [2.24, 2.45) is 5.92 Å². The van der Waals surface area contributed by atoms with Gasteiger partial charge in [0.25, 0.3) is 0 Å². The fraction of sp³-hybridized carbons (Fsp3) is 0.400. The summed E-state index contributed by atoms with van der Waals surface area (Å²) in [6.45, 7) is 6.47. The molecule has 2 fully saturated rings. The molecule has 1 unspecified atom stereocenters. The molecule has 0 saturated carbocycles. The number of amides is 1. The van der Waals surface area contributed by atoms with E-state index in [1.54, 1.807) is 18.6 Å². The minimum atomic E-state index is -0.0365. The van der Waals surface area contributed by atoms with Crippen LogP contribution in [-0.4, -0.2) is 70.0 Å². The van der Waals surface area contributed by atoms with Crippen LogP contribution in [-0.2, 0) is 4.79 Å². The van der Waals surface area contributed by atoms with E-state index >= 15 is 0 Å². The molecular formula is C25H30N8O. The van der Waals surface area contributed by atoms with Gasteiger partial charge in [0.05, 0.1) is 5.92 Å². The van der Waals surface area contributed by atoms with Crippen molar-refractivity contribution in [1.82, 2.24) is 24.8 Å². The number of anilines is 4. The zero-order chi connectivity index (χ0) is 23.3. The molecule has 9 nitrogen and oxygen atoms in total. The normalized spacial score (nSPS) is 18.6. The molecule has 4 heterocycles. The monoisotopic (exact) mass is 458 g/mol. The maximum Gasteiger partial charge on any atom is 0.227 e. The minimum absolute atomic E-state index is 0.0365. The molecule has 34 heavy (non-hydrogen) atoms. The van der Waals surface area contributed by atoms with Crippen molar-refractivity contribution in [2.75, 3.05) is 54.4 Å². The van der Waals surface area contributed by atoms with Crippen LogP contribution in [0.4, 0.5) is 23.4 Å². The van der Waals surface area contributed by atoms with Crippen molar-refractivity contribution in [3.63, 3.8) is 0 Å². The van der Waals surface area contributed by atoms with Gasteiger partial charge in [-0.05, 0) is 44.0 Å². The first-order valence-corrected chi connectivity index (χ1v) is 11.9. The predicted octanol–water partition coefficient (Wildman–Crippen LogP) is 2.88. The van der Waals surface area contributed by atoms with Crippen molar-refractivity contribution >= 4 is 29.3 Å². The molecule has 1 aromatic carbocycles. The third-order valence-electron chi connectivity index (χ3n) is 6.45. The van der Waals surface area contributed by atoms with Crippen LogP contribution in [0.2, 0.25) is 0 Å². The standard InChI is InChI=1S/C25H30N8O/c1-19-5-7-21(8-6-19)29-22-9-12-28-25(30-22)33-13-2-4-20(18-33)23(34)31-14-16-32(17-15-31)24-26-10-3-11-27-24/h3,5-12,20H,2,4,13-18H2,1H3,(H,28,29,30). The first kappa shape index (κ1) is 22.1. The number of carbonyl (C=O) groups excluding carboxylic acids is 1. The average molecular weight is 459 g/mol. The quantitative estimate of drug-likeness (QED) is 0.624. The second-order valence-electron chi connectivity index (χ2n) is 8.88. The molecule has 0 radical (unpaired) electrons. The van der Waals surface area contributed by atoms with Gasteiger partial charge in [0.15, 0.2) is 0 Å². The van der Waals surface area contributed by atoms with Gasteiger partial charge in [-0.1, -0.05) is 17.7 Å². The van der Waals surface area contributed by atoms with Gasteiger partial charge >= 0.3 is 0 Å². The summed E-state index contributed by atoms with van der Waals surface area (Å²) in [5.74, 6) is 2.34. The fourth-order valence-corrected chi connectivity index (χ4v) is 4.56. The summed E-state index contributed by atoms with van der Waals surface area (Å²) in [6, 6.07) is 11.9. The molecule has 2 aliphatic heterocycles. The zero-order valence-electron chi connectivity index (χ0n) is 19.5. The summed E-state index contributed by atoms with van der Waals surface area (Å²) in [7, 11) is 0. The highest BCUT2D eigenvalue weighted by atomic mass is 16.2. The van der Waals surface area contributed by atoms with Crippen LogP contribution in [0.15, 0.2) is 55.0 Å². The highest BCUT2D eigenvalue weighted by Gasteiger charge is 2.32. The highest BCUT2D eigenvalue weighted by Crippen LogP contribution is 2.24. The molecule has 0 spiro atoms. The van der Waals surface area contributed by atoms with Gasteiger partial charge in [0, 0.05) is 63.5 Å². The van der Waals surface area contributed by atoms with E-state index in [2.05, 4.69) is 49.1 Å². The lowest BCUT2D eigenvalue weighted by Gasteiger charge is -2.39. The van der Waals surface area contributed by atoms with Crippen LogP contribution < -0.4 is 15.1 Å². The number of benzene rings is 1. The Hall–Kier alpha value is -3.75. The van der Waals surface area contributed by atoms with Crippen LogP contribution in [0.3, 0.4) is 0 Å². The number of aryl methyl sites for hydroxylation is 1. The van der Waals surface area contributed by atoms with Gasteiger partial charge in [-0.25, -0.2) is 15.0 Å². The summed E-state index contributed by atoms with van der Waals surface area (Å²) in [5, 5.41) is 3.35. The van der Waals surface area contributed by atoms with E-state index in [9.17, 15) is 4.79 Å². The smallest absolute Gasteiger partial charge is 0.227 e. The largest absolute Gasteiger partial charge is 0.340 e. The molecule has 176 valence electrons. The first-order chi connectivity index (χ1) is 16.7. The molecule has 5 rings (SSSR count). The van der Waals surface area contributed by atoms with E-state index in [4.69, 9.17) is 4.98 Å². The van der Waals surface area contributed by atoms with Crippen LogP contribution in [0.25, 0.3) is 0 Å². The molecule has 9 heteroatoms. The Kier molecular flexibility index (Phi) is 6.51. The number of aromatic nitrogens is 4. The van der Waals surface area contributed by atoms with Gasteiger partial charge in [-0.2, -0.15) is 4.98 Å². The second-order valence-corrected chi connectivity index (χ2v) is 8.88. The van der Waals surface area contributed by atoms with Crippen molar-refractivity contribution in [3.8, 4) is 0 Å². The molecule has 1 N–H and O–H groups in total. The molecular weight excluding hydrogens is 428 g/mol. The topological polar surface area (TPSA) is 90.4 Å². The molecule has 2 aromatic heterocycles. The van der Waals surface area contributed by atoms with Crippen molar-refractivity contribution in [3.05, 3.63) is 60.6 Å². The minimum Gasteiger partial charge on any atom is -0.340 e. The number of carbonyl (C=O) groups is 1. The maximum atomic E-state index is 13.3. The molecule has 1 atom stereocenters. The summed E-state index contributed by atoms with van der Waals surface area (Å²) < 4.78 is 0. The number of rotatable bonds is 5. The second kappa shape index (κ2) is 10.0. The van der Waals surface area contributed by atoms with E-state index in [0.717, 1.165) is 49.9 Å². The number of nitrogens with zero attached hydrogens (tertiary/aromatic N) is 7. The summed E-state index contributed by atoms with van der Waals surface area (Å²) in [5.41, 5.74) is 2.20. The number of hydrogen-bond donors (Lipinski definition) is 1. The van der Waals surface area contributed by atoms with E-state index in [1.807, 2.05) is 29.2 Å². The first-order valence-electron chi connectivity index (χ1n) is 11.9. The van der Waals surface area contributed by atoms with Crippen molar-refractivity contribution < 1.29 is 4.79 Å². The molecule has 2 saturated heterocycles. The van der Waals surface area contributed by atoms with Gasteiger partial charge in [-0.15, -0.1) is 0 Å². The van der Waals surface area contributed by atoms with Crippen LogP contribution in [0, 0.1) is 12.8 Å². The lowest BCUT2D eigenvalue weighted by atomic mass is 9.96. The molecule has 0 aliphatic carbocycles. The Labute approximate surface area is 199 Å². The van der Waals surface area contributed by atoms with Gasteiger partial charge in [-0.3, -0.25) is 4.79 Å². The lowest BCUT2D eigenvalue weighted by Crippen LogP contribution is -2.53. The van der Waals surface area contributed by atoms with E-state index in [-0.39, 0.29) is 11.8 Å². The van der Waals surface area contributed by atoms with Crippen LogP contribution >= 0.6 is 0 Å². The Morgan fingerprint density at radius 3 is 2.38 bits per heavy atom. The van der Waals surface area contributed by atoms with Gasteiger partial charge in [0.2, 0.25) is 17.8 Å². The Morgan fingerprint density at radius 2 is 1.62 bits per heavy atom. The van der Waals surface area contributed by atoms with Crippen molar-refractivity contribution in [2.45, 2.75) is 19.8 Å². The lowest BCUT2D eigenvalue weighted by molar-refractivity contribution is -0.136. The zero-order valence-corrected chi connectivity index (χ0v) is 19.5. The fourth-order valence-electron chi connectivity index (χ4n) is 4.56. The molecule has 0 bridgehead atoms. The van der Waals surface area contributed by atoms with Gasteiger partial charge < -0.3 is 20.0 Å².